The molecule has 1 aliphatic rings. The molecule has 6 nitrogen and oxygen atoms in total. The van der Waals surface area contributed by atoms with Crippen molar-refractivity contribution in [2.75, 3.05) is 21.3 Å². The zero-order valence-electron chi connectivity index (χ0n) is 14.6. The minimum absolute atomic E-state index is 0.123. The number of nitrogens with zero attached hydrogens (tertiary/aromatic N) is 2. The summed E-state index contributed by atoms with van der Waals surface area (Å²) in [5.41, 5.74) is 1.50. The summed E-state index contributed by atoms with van der Waals surface area (Å²) in [5.74, 6) is 1.28. The van der Waals surface area contributed by atoms with Crippen LogP contribution in [0.5, 0.6) is 17.2 Å². The van der Waals surface area contributed by atoms with Crippen molar-refractivity contribution in [1.29, 1.82) is 0 Å². The van der Waals surface area contributed by atoms with Gasteiger partial charge in [-0.25, -0.2) is 4.99 Å². The summed E-state index contributed by atoms with van der Waals surface area (Å²) in [6.45, 7) is 0. The molecule has 3 rings (SSSR count). The summed E-state index contributed by atoms with van der Waals surface area (Å²) in [6.07, 6.45) is 1.80. The minimum Gasteiger partial charge on any atom is -0.508 e. The summed E-state index contributed by atoms with van der Waals surface area (Å²) in [7, 11) is 4.83. The predicted octanol–water partition coefficient (Wildman–Crippen LogP) is 3.64. The first-order valence-corrected chi connectivity index (χ1v) is 8.61. The summed E-state index contributed by atoms with van der Waals surface area (Å²) >= 11 is 1.30. The van der Waals surface area contributed by atoms with Crippen LogP contribution in [0.15, 0.2) is 52.4 Å². The van der Waals surface area contributed by atoms with E-state index in [-0.39, 0.29) is 11.7 Å². The topological polar surface area (TPSA) is 71.4 Å². The first kappa shape index (κ1) is 17.9. The molecule has 0 atom stereocenters. The van der Waals surface area contributed by atoms with Gasteiger partial charge in [-0.1, -0.05) is 6.07 Å². The summed E-state index contributed by atoms with van der Waals surface area (Å²) in [5, 5.41) is 9.93. The number of aromatic hydroxyl groups is 1. The molecule has 26 heavy (non-hydrogen) atoms. The third-order valence-corrected chi connectivity index (χ3v) is 4.84. The number of thioether (sulfide) groups is 1. The quantitative estimate of drug-likeness (QED) is 0.832. The summed E-state index contributed by atoms with van der Waals surface area (Å²) in [4.78, 5) is 19.0. The highest BCUT2D eigenvalue weighted by atomic mass is 32.2. The standard InChI is InChI=1S/C19H18N2O4S/c1-21-18(23)17(11-12-4-9-15(24-2)16(10-12)25-3)26-19(21)20-13-5-7-14(22)8-6-13/h4-11,22H,1-3H3/b17-11-,20-19?. The van der Waals surface area contributed by atoms with Gasteiger partial charge in [0.1, 0.15) is 5.75 Å². The van der Waals surface area contributed by atoms with Crippen molar-refractivity contribution >= 4 is 34.6 Å². The molecule has 0 radical (unpaired) electrons. The van der Waals surface area contributed by atoms with Gasteiger partial charge in [0.25, 0.3) is 5.91 Å². The Hall–Kier alpha value is -2.93. The smallest absolute Gasteiger partial charge is 0.266 e. The van der Waals surface area contributed by atoms with Gasteiger partial charge in [-0.2, -0.15) is 0 Å². The van der Waals surface area contributed by atoms with Gasteiger partial charge in [-0.15, -0.1) is 0 Å². The number of benzene rings is 2. The van der Waals surface area contributed by atoms with Crippen LogP contribution in [0.2, 0.25) is 0 Å². The van der Waals surface area contributed by atoms with E-state index in [1.54, 1.807) is 57.7 Å². The lowest BCUT2D eigenvalue weighted by molar-refractivity contribution is -0.121. The Labute approximate surface area is 155 Å². The Balaban J connectivity index is 1.88. The number of carbonyl (C=O) groups is 1. The van der Waals surface area contributed by atoms with Crippen LogP contribution in [0.3, 0.4) is 0 Å². The fraction of sp³-hybridized carbons (Fsp3) is 0.158. The average Bonchev–Trinajstić information content (AvgIpc) is 2.91. The average molecular weight is 370 g/mol. The second kappa shape index (κ2) is 7.53. The first-order chi connectivity index (χ1) is 12.5. The number of hydrogen-bond acceptors (Lipinski definition) is 6. The van der Waals surface area contributed by atoms with E-state index < -0.39 is 0 Å². The lowest BCUT2D eigenvalue weighted by atomic mass is 10.2. The number of carbonyl (C=O) groups excluding carboxylic acids is 1. The molecule has 7 heteroatoms. The number of hydrogen-bond donors (Lipinski definition) is 1. The molecule has 2 aromatic rings. The van der Waals surface area contributed by atoms with Crippen molar-refractivity contribution in [2.24, 2.45) is 4.99 Å². The van der Waals surface area contributed by atoms with Crippen LogP contribution in [-0.2, 0) is 4.79 Å². The van der Waals surface area contributed by atoms with Crippen molar-refractivity contribution in [3.05, 3.63) is 52.9 Å². The van der Waals surface area contributed by atoms with Gasteiger partial charge in [0, 0.05) is 7.05 Å². The van der Waals surface area contributed by atoms with Crippen LogP contribution in [0, 0.1) is 0 Å². The molecule has 1 amide bonds. The third kappa shape index (κ3) is 3.67. The van der Waals surface area contributed by atoms with Gasteiger partial charge in [0.2, 0.25) is 0 Å². The Morgan fingerprint density at radius 2 is 1.77 bits per heavy atom. The molecule has 0 unspecified atom stereocenters. The number of aliphatic imine (C=N–C) groups is 1. The minimum atomic E-state index is -0.123. The molecule has 0 bridgehead atoms. The van der Waals surface area contributed by atoms with E-state index in [0.29, 0.717) is 27.3 Å². The van der Waals surface area contributed by atoms with Crippen molar-refractivity contribution < 1.29 is 19.4 Å². The molecule has 1 aliphatic heterocycles. The second-order valence-electron chi connectivity index (χ2n) is 5.50. The number of amides is 1. The van der Waals surface area contributed by atoms with Gasteiger partial charge in [-0.05, 0) is 59.8 Å². The van der Waals surface area contributed by atoms with Crippen LogP contribution in [-0.4, -0.2) is 42.3 Å². The van der Waals surface area contributed by atoms with Crippen molar-refractivity contribution in [2.45, 2.75) is 0 Å². The van der Waals surface area contributed by atoms with Crippen molar-refractivity contribution in [3.63, 3.8) is 0 Å². The Bertz CT molecular complexity index is 891. The van der Waals surface area contributed by atoms with Crippen molar-refractivity contribution in [1.82, 2.24) is 4.90 Å². The van der Waals surface area contributed by atoms with Gasteiger partial charge >= 0.3 is 0 Å². The van der Waals surface area contributed by atoms with Crippen LogP contribution < -0.4 is 9.47 Å². The molecule has 0 aromatic heterocycles. The number of likely N-dealkylation sites (N-methyl/N-ethyl adjacent to an activating group) is 1. The first-order valence-electron chi connectivity index (χ1n) is 7.79. The van der Waals surface area contributed by atoms with Crippen LogP contribution in [0.25, 0.3) is 6.08 Å². The highest BCUT2D eigenvalue weighted by Gasteiger charge is 2.30. The maximum atomic E-state index is 12.5. The van der Waals surface area contributed by atoms with Crippen LogP contribution >= 0.6 is 11.8 Å². The Morgan fingerprint density at radius 3 is 2.42 bits per heavy atom. The van der Waals surface area contributed by atoms with E-state index >= 15 is 0 Å². The number of phenolic OH excluding ortho intramolecular Hbond substituents is 1. The molecule has 0 spiro atoms. The Morgan fingerprint density at radius 1 is 1.08 bits per heavy atom. The fourth-order valence-corrected chi connectivity index (χ4v) is 3.37. The van der Waals surface area contributed by atoms with Gasteiger partial charge in [0.05, 0.1) is 24.8 Å². The van der Waals surface area contributed by atoms with Gasteiger partial charge < -0.3 is 14.6 Å². The van der Waals surface area contributed by atoms with E-state index in [1.807, 2.05) is 12.1 Å². The summed E-state index contributed by atoms with van der Waals surface area (Å²) in [6, 6.07) is 12.0. The van der Waals surface area contributed by atoms with Crippen LogP contribution in [0.4, 0.5) is 5.69 Å². The van der Waals surface area contributed by atoms with Gasteiger partial charge in [0.15, 0.2) is 16.7 Å². The van der Waals surface area contributed by atoms with Crippen LogP contribution in [0.1, 0.15) is 5.56 Å². The van der Waals surface area contributed by atoms with E-state index in [1.165, 1.54) is 16.7 Å². The molecular weight excluding hydrogens is 352 g/mol. The van der Waals surface area contributed by atoms with E-state index in [4.69, 9.17) is 9.47 Å². The number of phenols is 1. The number of methoxy groups -OCH3 is 2. The molecule has 1 heterocycles. The molecule has 2 aromatic carbocycles. The molecule has 0 aliphatic carbocycles. The third-order valence-electron chi connectivity index (χ3n) is 3.78. The lowest BCUT2D eigenvalue weighted by Crippen LogP contribution is -2.23. The lowest BCUT2D eigenvalue weighted by Gasteiger charge is -2.08. The van der Waals surface area contributed by atoms with Crippen molar-refractivity contribution in [3.8, 4) is 17.2 Å². The normalized spacial score (nSPS) is 17.2. The van der Waals surface area contributed by atoms with Gasteiger partial charge in [-0.3, -0.25) is 9.69 Å². The predicted molar refractivity (Wildman–Crippen MR) is 103 cm³/mol. The molecule has 1 fully saturated rings. The zero-order chi connectivity index (χ0) is 18.7. The second-order valence-corrected chi connectivity index (χ2v) is 6.51. The molecular formula is C19H18N2O4S. The highest BCUT2D eigenvalue weighted by Crippen LogP contribution is 2.35. The number of amidine groups is 1. The highest BCUT2D eigenvalue weighted by molar-refractivity contribution is 8.18. The fourth-order valence-electron chi connectivity index (χ4n) is 2.38. The SMILES string of the molecule is COc1ccc(/C=C2\SC(=Nc3ccc(O)cc3)N(C)C2=O)cc1OC. The maximum Gasteiger partial charge on any atom is 0.266 e. The monoisotopic (exact) mass is 370 g/mol. The maximum absolute atomic E-state index is 12.5. The summed E-state index contributed by atoms with van der Waals surface area (Å²) < 4.78 is 10.5. The van der Waals surface area contributed by atoms with E-state index in [2.05, 4.69) is 4.99 Å². The molecule has 1 N–H and O–H groups in total. The zero-order valence-corrected chi connectivity index (χ0v) is 15.4. The number of ether oxygens (including phenoxy) is 2. The van der Waals surface area contributed by atoms with E-state index in [9.17, 15) is 9.90 Å². The van der Waals surface area contributed by atoms with E-state index in [0.717, 1.165) is 5.56 Å². The molecule has 0 saturated carbocycles. The molecule has 1 saturated heterocycles. The number of rotatable bonds is 4. The largest absolute Gasteiger partial charge is 0.508 e. The molecule has 134 valence electrons. The Kier molecular flexibility index (Phi) is 5.18.